The average molecular weight is 624 g/mol. The summed E-state index contributed by atoms with van der Waals surface area (Å²) in [4.78, 5) is 38.1. The van der Waals surface area contributed by atoms with Crippen LogP contribution in [0.15, 0.2) is 71.7 Å². The number of ether oxygens (including phenoxy) is 1. The van der Waals surface area contributed by atoms with Crippen LogP contribution in [-0.2, 0) is 4.79 Å². The zero-order valence-electron chi connectivity index (χ0n) is 24.9. The summed E-state index contributed by atoms with van der Waals surface area (Å²) >= 11 is 12.5. The second-order valence-electron chi connectivity index (χ2n) is 12.1. The average Bonchev–Trinajstić information content (AvgIpc) is 3.32. The fourth-order valence-corrected chi connectivity index (χ4v) is 5.85. The van der Waals surface area contributed by atoms with Crippen LogP contribution < -0.4 is 4.74 Å². The third kappa shape index (κ3) is 6.45. The molecule has 1 N–H and O–H groups in total. The van der Waals surface area contributed by atoms with Crippen LogP contribution in [0.2, 0.25) is 10.0 Å². The first kappa shape index (κ1) is 30.7. The maximum atomic E-state index is 14.6. The van der Waals surface area contributed by atoms with E-state index in [1.54, 1.807) is 51.1 Å². The van der Waals surface area contributed by atoms with E-state index in [1.165, 1.54) is 6.07 Å². The molecule has 2 aliphatic heterocycles. The number of aromatic hydroxyl groups is 1. The van der Waals surface area contributed by atoms with Crippen LogP contribution in [0, 0.1) is 0 Å². The number of urea groups is 1. The van der Waals surface area contributed by atoms with Crippen LogP contribution in [0.1, 0.15) is 63.4 Å². The minimum atomic E-state index is -0.572. The predicted octanol–water partition coefficient (Wildman–Crippen LogP) is 7.09. The summed E-state index contributed by atoms with van der Waals surface area (Å²) in [5.41, 5.74) is 1.87. The molecule has 10 heteroatoms. The quantitative estimate of drug-likeness (QED) is 0.329. The molecule has 5 rings (SSSR count). The molecule has 43 heavy (non-hydrogen) atoms. The summed E-state index contributed by atoms with van der Waals surface area (Å²) in [6.07, 6.45) is -0.200. The number of hydrogen-bond acceptors (Lipinski definition) is 5. The van der Waals surface area contributed by atoms with Crippen molar-refractivity contribution in [2.75, 3.05) is 19.6 Å². The van der Waals surface area contributed by atoms with Crippen LogP contribution >= 0.6 is 23.2 Å². The second-order valence-corrected chi connectivity index (χ2v) is 13.0. The number of hydrogen-bond donors (Lipinski definition) is 1. The van der Waals surface area contributed by atoms with E-state index < -0.39 is 12.1 Å². The molecule has 0 aromatic heterocycles. The molecule has 0 spiro atoms. The van der Waals surface area contributed by atoms with Gasteiger partial charge in [-0.05, 0) is 82.1 Å². The molecule has 3 aromatic carbocycles. The van der Waals surface area contributed by atoms with Crippen molar-refractivity contribution < 1.29 is 19.4 Å². The standard InChI is InChI=1S/C33H36Cl2N4O4/c1-20(2)43-27-18-25(40)14-15-26(27)31-36-29(21-6-10-23(34)11-7-21)30(22-8-12-24(35)13-9-22)39(31)32(42)37-16-17-38(28(41)19-37)33(3,4)5/h6-15,18,20,29-30,40H,16-17,19H2,1-5H3/t29-,30+/m0/s1. The number of piperazine rings is 1. The highest BCUT2D eigenvalue weighted by molar-refractivity contribution is 6.30. The topological polar surface area (TPSA) is 85.7 Å². The molecule has 226 valence electrons. The number of aliphatic imine (C=N–C) groups is 1. The Labute approximate surface area is 262 Å². The van der Waals surface area contributed by atoms with Crippen molar-refractivity contribution in [3.63, 3.8) is 0 Å². The number of halogens is 2. The van der Waals surface area contributed by atoms with E-state index in [1.807, 2.05) is 58.9 Å². The molecule has 1 fully saturated rings. The molecule has 2 atom stereocenters. The molecule has 3 aromatic rings. The fraction of sp³-hybridized carbons (Fsp3) is 0.364. The van der Waals surface area contributed by atoms with Gasteiger partial charge in [-0.3, -0.25) is 14.7 Å². The Morgan fingerprint density at radius 3 is 2.12 bits per heavy atom. The summed E-state index contributed by atoms with van der Waals surface area (Å²) in [7, 11) is 0. The second kappa shape index (κ2) is 12.1. The van der Waals surface area contributed by atoms with E-state index in [-0.39, 0.29) is 35.9 Å². The first-order valence-electron chi connectivity index (χ1n) is 14.3. The normalized spacial score (nSPS) is 19.2. The highest BCUT2D eigenvalue weighted by atomic mass is 35.5. The molecule has 0 aliphatic carbocycles. The molecule has 2 aliphatic rings. The number of phenols is 1. The van der Waals surface area contributed by atoms with Gasteiger partial charge in [0.2, 0.25) is 5.91 Å². The van der Waals surface area contributed by atoms with Gasteiger partial charge in [-0.15, -0.1) is 0 Å². The van der Waals surface area contributed by atoms with E-state index in [0.717, 1.165) is 11.1 Å². The lowest BCUT2D eigenvalue weighted by Crippen LogP contribution is -2.60. The Kier molecular flexibility index (Phi) is 8.63. The first-order valence-corrected chi connectivity index (χ1v) is 15.1. The van der Waals surface area contributed by atoms with Crippen LogP contribution in [0.25, 0.3) is 0 Å². The van der Waals surface area contributed by atoms with Crippen molar-refractivity contribution in [3.8, 4) is 11.5 Å². The minimum absolute atomic E-state index is 0.0308. The number of amides is 3. The Hall–Kier alpha value is -3.75. The van der Waals surface area contributed by atoms with Gasteiger partial charge in [-0.1, -0.05) is 47.5 Å². The first-order chi connectivity index (χ1) is 20.3. The summed E-state index contributed by atoms with van der Waals surface area (Å²) < 4.78 is 6.11. The third-order valence-electron chi connectivity index (χ3n) is 7.57. The van der Waals surface area contributed by atoms with E-state index in [9.17, 15) is 14.7 Å². The highest BCUT2D eigenvalue weighted by Crippen LogP contribution is 2.46. The van der Waals surface area contributed by atoms with Gasteiger partial charge in [-0.2, -0.15) is 0 Å². The minimum Gasteiger partial charge on any atom is -0.508 e. The SMILES string of the molecule is CC(C)Oc1cc(O)ccc1C1=N[C@@H](c2ccc(Cl)cc2)[C@@H](c2ccc(Cl)cc2)N1C(=O)N1CCN(C(C)(C)C)C(=O)C1. The summed E-state index contributed by atoms with van der Waals surface area (Å²) in [6, 6.07) is 18.1. The molecule has 2 heterocycles. The van der Waals surface area contributed by atoms with Crippen molar-refractivity contribution in [1.29, 1.82) is 0 Å². The number of nitrogens with zero attached hydrogens (tertiary/aromatic N) is 4. The van der Waals surface area contributed by atoms with Gasteiger partial charge >= 0.3 is 6.03 Å². The summed E-state index contributed by atoms with van der Waals surface area (Å²) in [5.74, 6) is 0.692. The van der Waals surface area contributed by atoms with Crippen LogP contribution in [0.5, 0.6) is 11.5 Å². The molecule has 0 unspecified atom stereocenters. The Morgan fingerprint density at radius 2 is 1.56 bits per heavy atom. The monoisotopic (exact) mass is 622 g/mol. The smallest absolute Gasteiger partial charge is 0.326 e. The van der Waals surface area contributed by atoms with Crippen molar-refractivity contribution in [2.24, 2.45) is 4.99 Å². The number of carbonyl (C=O) groups excluding carboxylic acids is 2. The maximum Gasteiger partial charge on any atom is 0.326 e. The lowest BCUT2D eigenvalue weighted by Gasteiger charge is -2.43. The Bertz CT molecular complexity index is 1530. The molecule has 3 amide bonds. The van der Waals surface area contributed by atoms with Crippen LogP contribution in [0.4, 0.5) is 4.79 Å². The summed E-state index contributed by atoms with van der Waals surface area (Å²) in [6.45, 7) is 10.5. The van der Waals surface area contributed by atoms with E-state index in [0.29, 0.717) is 40.3 Å². The van der Waals surface area contributed by atoms with Gasteiger partial charge in [0, 0.05) is 34.7 Å². The Morgan fingerprint density at radius 1 is 0.953 bits per heavy atom. The van der Waals surface area contributed by atoms with Gasteiger partial charge in [0.1, 0.15) is 29.9 Å². The number of carbonyl (C=O) groups is 2. The van der Waals surface area contributed by atoms with E-state index in [4.69, 9.17) is 32.9 Å². The number of amidine groups is 1. The Balaban J connectivity index is 1.66. The van der Waals surface area contributed by atoms with Crippen LogP contribution in [0.3, 0.4) is 0 Å². The zero-order chi connectivity index (χ0) is 31.1. The van der Waals surface area contributed by atoms with Crippen LogP contribution in [-0.4, -0.2) is 68.9 Å². The summed E-state index contributed by atoms with van der Waals surface area (Å²) in [5, 5.41) is 11.5. The van der Waals surface area contributed by atoms with Crippen molar-refractivity contribution >= 4 is 41.0 Å². The highest BCUT2D eigenvalue weighted by Gasteiger charge is 2.46. The largest absolute Gasteiger partial charge is 0.508 e. The van der Waals surface area contributed by atoms with Crippen molar-refractivity contribution in [2.45, 2.75) is 58.3 Å². The van der Waals surface area contributed by atoms with Gasteiger partial charge in [0.25, 0.3) is 0 Å². The van der Waals surface area contributed by atoms with Crippen molar-refractivity contribution in [3.05, 3.63) is 93.5 Å². The fourth-order valence-electron chi connectivity index (χ4n) is 5.60. The van der Waals surface area contributed by atoms with E-state index in [2.05, 4.69) is 0 Å². The number of phenolic OH excluding ortho intramolecular Hbond substituents is 1. The van der Waals surface area contributed by atoms with Gasteiger partial charge in [0.15, 0.2) is 0 Å². The van der Waals surface area contributed by atoms with Gasteiger partial charge < -0.3 is 19.6 Å². The predicted molar refractivity (Wildman–Crippen MR) is 169 cm³/mol. The number of rotatable bonds is 5. The van der Waals surface area contributed by atoms with Crippen molar-refractivity contribution in [1.82, 2.24) is 14.7 Å². The lowest BCUT2D eigenvalue weighted by atomic mass is 9.93. The maximum absolute atomic E-state index is 14.6. The zero-order valence-corrected chi connectivity index (χ0v) is 26.4. The molecule has 0 saturated carbocycles. The molecule has 8 nitrogen and oxygen atoms in total. The van der Waals surface area contributed by atoms with E-state index >= 15 is 0 Å². The molecule has 0 radical (unpaired) electrons. The number of benzene rings is 3. The molecular formula is C33H36Cl2N4O4. The van der Waals surface area contributed by atoms with Gasteiger partial charge in [0.05, 0.1) is 17.7 Å². The molecular weight excluding hydrogens is 587 g/mol. The third-order valence-corrected chi connectivity index (χ3v) is 8.07. The molecule has 1 saturated heterocycles. The van der Waals surface area contributed by atoms with Gasteiger partial charge in [-0.25, -0.2) is 4.79 Å². The lowest BCUT2D eigenvalue weighted by molar-refractivity contribution is -0.140. The molecule has 0 bridgehead atoms.